The first-order chi connectivity index (χ1) is 10.4. The summed E-state index contributed by atoms with van der Waals surface area (Å²) in [5, 5.41) is 17.5. The van der Waals surface area contributed by atoms with Gasteiger partial charge in [-0.15, -0.1) is 11.8 Å². The Bertz CT molecular complexity index is 621. The summed E-state index contributed by atoms with van der Waals surface area (Å²) in [5.74, 6) is -0.153. The molecule has 0 bridgehead atoms. The summed E-state index contributed by atoms with van der Waals surface area (Å²) in [7, 11) is 0. The van der Waals surface area contributed by atoms with Crippen LogP contribution in [0.15, 0.2) is 46.0 Å². The molecule has 22 heavy (non-hydrogen) atoms. The van der Waals surface area contributed by atoms with Crippen molar-refractivity contribution in [1.82, 2.24) is 5.32 Å². The van der Waals surface area contributed by atoms with Crippen molar-refractivity contribution in [2.45, 2.75) is 36.5 Å². The largest absolute Gasteiger partial charge is 0.384 e. The summed E-state index contributed by atoms with van der Waals surface area (Å²) in [5.41, 5.74) is 0.417. The van der Waals surface area contributed by atoms with Crippen LogP contribution in [-0.2, 0) is 5.60 Å². The normalized spacial score (nSPS) is 13.9. The van der Waals surface area contributed by atoms with Gasteiger partial charge in [0.1, 0.15) is 5.60 Å². The molecule has 0 spiro atoms. The quantitative estimate of drug-likeness (QED) is 0.788. The number of thioether (sulfide) groups is 1. The third-order valence-electron chi connectivity index (χ3n) is 3.23. The Balaban J connectivity index is 2.07. The van der Waals surface area contributed by atoms with E-state index in [9.17, 15) is 9.90 Å². The number of aliphatic hydroxyl groups is 1. The zero-order valence-corrected chi connectivity index (χ0v) is 14.6. The fourth-order valence-corrected chi connectivity index (χ4v) is 3.77. The molecule has 1 amide bonds. The highest BCUT2D eigenvalue weighted by atomic mass is 32.2. The molecule has 0 aliphatic heterocycles. The molecule has 0 fully saturated rings. The van der Waals surface area contributed by atoms with Gasteiger partial charge < -0.3 is 10.4 Å². The zero-order chi connectivity index (χ0) is 16.2. The Morgan fingerprint density at radius 1 is 1.36 bits per heavy atom. The number of rotatable bonds is 6. The molecule has 2 rings (SSSR count). The average Bonchev–Trinajstić information content (AvgIpc) is 3.00. The van der Waals surface area contributed by atoms with E-state index in [4.69, 9.17) is 0 Å². The van der Waals surface area contributed by atoms with Gasteiger partial charge in [0.2, 0.25) is 0 Å². The molecule has 0 saturated carbocycles. The van der Waals surface area contributed by atoms with Crippen molar-refractivity contribution in [1.29, 1.82) is 0 Å². The number of thiophene rings is 1. The van der Waals surface area contributed by atoms with Gasteiger partial charge in [-0.2, -0.15) is 11.3 Å². The maximum absolute atomic E-state index is 12.4. The highest BCUT2D eigenvalue weighted by Gasteiger charge is 2.25. The van der Waals surface area contributed by atoms with Crippen LogP contribution in [0.2, 0.25) is 0 Å². The molecule has 1 unspecified atom stereocenters. The van der Waals surface area contributed by atoms with Crippen LogP contribution in [0.25, 0.3) is 0 Å². The van der Waals surface area contributed by atoms with E-state index in [1.165, 1.54) is 11.3 Å². The van der Waals surface area contributed by atoms with Crippen LogP contribution in [0, 0.1) is 0 Å². The molecule has 118 valence electrons. The fraction of sp³-hybridized carbons (Fsp3) is 0.353. The van der Waals surface area contributed by atoms with Gasteiger partial charge in [0.15, 0.2) is 0 Å². The van der Waals surface area contributed by atoms with Crippen molar-refractivity contribution < 1.29 is 9.90 Å². The van der Waals surface area contributed by atoms with Crippen LogP contribution >= 0.6 is 23.1 Å². The second-order valence-corrected chi connectivity index (χ2v) is 8.03. The van der Waals surface area contributed by atoms with Crippen LogP contribution < -0.4 is 5.32 Å². The highest BCUT2D eigenvalue weighted by molar-refractivity contribution is 8.00. The van der Waals surface area contributed by atoms with Gasteiger partial charge in [0, 0.05) is 10.1 Å². The Labute approximate surface area is 139 Å². The molecule has 5 heteroatoms. The van der Waals surface area contributed by atoms with E-state index in [0.29, 0.717) is 10.8 Å². The summed E-state index contributed by atoms with van der Waals surface area (Å²) in [6.45, 7) is 6.09. The lowest BCUT2D eigenvalue weighted by atomic mass is 9.99. The Kier molecular flexibility index (Phi) is 5.67. The number of amides is 1. The van der Waals surface area contributed by atoms with Crippen molar-refractivity contribution in [2.75, 3.05) is 6.54 Å². The second-order valence-electron chi connectivity index (χ2n) is 5.63. The molecule has 2 aromatic rings. The Morgan fingerprint density at radius 3 is 2.73 bits per heavy atom. The van der Waals surface area contributed by atoms with Crippen molar-refractivity contribution >= 4 is 29.0 Å². The maximum Gasteiger partial charge on any atom is 0.252 e. The fourth-order valence-electron chi connectivity index (χ4n) is 2.03. The van der Waals surface area contributed by atoms with Crippen LogP contribution in [-0.4, -0.2) is 22.8 Å². The third-order valence-corrected chi connectivity index (χ3v) is 5.00. The number of benzene rings is 1. The van der Waals surface area contributed by atoms with Crippen LogP contribution in [0.5, 0.6) is 0 Å². The van der Waals surface area contributed by atoms with Gasteiger partial charge in [-0.3, -0.25) is 4.79 Å². The molecule has 3 nitrogen and oxygen atoms in total. The van der Waals surface area contributed by atoms with Gasteiger partial charge >= 0.3 is 0 Å². The Hall–Kier alpha value is -1.30. The molecular weight excluding hydrogens is 314 g/mol. The third kappa shape index (κ3) is 4.35. The molecule has 0 saturated heterocycles. The first-order valence-corrected chi connectivity index (χ1v) is 9.01. The smallest absolute Gasteiger partial charge is 0.252 e. The van der Waals surface area contributed by atoms with E-state index in [1.54, 1.807) is 18.7 Å². The summed E-state index contributed by atoms with van der Waals surface area (Å²) >= 11 is 3.19. The van der Waals surface area contributed by atoms with E-state index in [-0.39, 0.29) is 12.5 Å². The van der Waals surface area contributed by atoms with Crippen LogP contribution in [0.4, 0.5) is 0 Å². The monoisotopic (exact) mass is 335 g/mol. The van der Waals surface area contributed by atoms with Gasteiger partial charge in [-0.25, -0.2) is 0 Å². The summed E-state index contributed by atoms with van der Waals surface area (Å²) in [4.78, 5) is 13.4. The van der Waals surface area contributed by atoms with Crippen molar-refractivity contribution in [3.8, 4) is 0 Å². The maximum atomic E-state index is 12.4. The minimum Gasteiger partial charge on any atom is -0.384 e. The number of hydrogen-bond acceptors (Lipinski definition) is 4. The predicted molar refractivity (Wildman–Crippen MR) is 93.7 cm³/mol. The van der Waals surface area contributed by atoms with E-state index >= 15 is 0 Å². The predicted octanol–water partition coefficient (Wildman–Crippen LogP) is 3.89. The molecule has 1 heterocycles. The standard InChI is InChI=1S/C17H21NO2S2/c1-12(2)22-15-7-5-4-6-14(15)16(19)18-11-17(3,20)13-8-9-21-10-13/h4-10,12,20H,11H2,1-3H3,(H,18,19). The summed E-state index contributed by atoms with van der Waals surface area (Å²) < 4.78 is 0. The SMILES string of the molecule is CC(C)Sc1ccccc1C(=O)NCC(C)(O)c1ccsc1. The number of carbonyl (C=O) groups is 1. The van der Waals surface area contributed by atoms with Crippen molar-refractivity contribution in [2.24, 2.45) is 0 Å². The van der Waals surface area contributed by atoms with Crippen molar-refractivity contribution in [3.63, 3.8) is 0 Å². The zero-order valence-electron chi connectivity index (χ0n) is 13.0. The second kappa shape index (κ2) is 7.31. The minimum absolute atomic E-state index is 0.153. The molecule has 0 aliphatic rings. The number of hydrogen-bond donors (Lipinski definition) is 2. The van der Waals surface area contributed by atoms with Crippen LogP contribution in [0.1, 0.15) is 36.7 Å². The first-order valence-electron chi connectivity index (χ1n) is 7.19. The number of nitrogens with one attached hydrogen (secondary N) is 1. The summed E-state index contributed by atoms with van der Waals surface area (Å²) in [6, 6.07) is 9.44. The molecular formula is C17H21NO2S2. The lowest BCUT2D eigenvalue weighted by molar-refractivity contribution is 0.0529. The first kappa shape index (κ1) is 17.1. The topological polar surface area (TPSA) is 49.3 Å². The minimum atomic E-state index is -1.06. The average molecular weight is 335 g/mol. The molecule has 1 atom stereocenters. The highest BCUT2D eigenvalue weighted by Crippen LogP contribution is 2.27. The number of carbonyl (C=O) groups excluding carboxylic acids is 1. The molecule has 0 radical (unpaired) electrons. The Morgan fingerprint density at radius 2 is 2.09 bits per heavy atom. The van der Waals surface area contributed by atoms with Gasteiger partial charge in [-0.05, 0) is 41.4 Å². The van der Waals surface area contributed by atoms with Crippen LogP contribution in [0.3, 0.4) is 0 Å². The molecule has 0 aliphatic carbocycles. The molecule has 2 N–H and O–H groups in total. The lowest BCUT2D eigenvalue weighted by Crippen LogP contribution is -2.38. The van der Waals surface area contributed by atoms with Gasteiger partial charge in [0.05, 0.1) is 12.1 Å². The van der Waals surface area contributed by atoms with E-state index in [1.807, 2.05) is 41.1 Å². The van der Waals surface area contributed by atoms with E-state index < -0.39 is 5.60 Å². The van der Waals surface area contributed by atoms with Crippen molar-refractivity contribution in [3.05, 3.63) is 52.2 Å². The summed E-state index contributed by atoms with van der Waals surface area (Å²) in [6.07, 6.45) is 0. The molecule has 1 aromatic carbocycles. The lowest BCUT2D eigenvalue weighted by Gasteiger charge is -2.23. The van der Waals surface area contributed by atoms with Gasteiger partial charge in [0.25, 0.3) is 5.91 Å². The van der Waals surface area contributed by atoms with E-state index in [2.05, 4.69) is 19.2 Å². The van der Waals surface area contributed by atoms with E-state index in [0.717, 1.165) is 10.5 Å². The molecule has 1 aromatic heterocycles. The van der Waals surface area contributed by atoms with Gasteiger partial charge in [-0.1, -0.05) is 26.0 Å².